The van der Waals surface area contributed by atoms with E-state index in [4.69, 9.17) is 9.47 Å². The van der Waals surface area contributed by atoms with Crippen molar-refractivity contribution in [2.45, 2.75) is 32.0 Å². The lowest BCUT2D eigenvalue weighted by Gasteiger charge is -2.31. The van der Waals surface area contributed by atoms with Crippen molar-refractivity contribution in [3.05, 3.63) is 35.7 Å². The zero-order valence-electron chi connectivity index (χ0n) is 15.8. The number of ether oxygens (including phenoxy) is 2. The fourth-order valence-electron chi connectivity index (χ4n) is 3.16. The second-order valence-corrected chi connectivity index (χ2v) is 6.57. The van der Waals surface area contributed by atoms with Crippen LogP contribution < -0.4 is 10.1 Å². The van der Waals surface area contributed by atoms with Gasteiger partial charge in [0.1, 0.15) is 5.75 Å². The van der Waals surface area contributed by atoms with Crippen LogP contribution in [0.25, 0.3) is 0 Å². The van der Waals surface area contributed by atoms with E-state index in [9.17, 15) is 4.79 Å². The summed E-state index contributed by atoms with van der Waals surface area (Å²) in [5.41, 5.74) is 0.620. The van der Waals surface area contributed by atoms with Gasteiger partial charge in [-0.05, 0) is 41.5 Å². The van der Waals surface area contributed by atoms with Crippen molar-refractivity contribution < 1.29 is 14.3 Å². The molecule has 0 atom stereocenters. The van der Waals surface area contributed by atoms with Crippen molar-refractivity contribution in [3.8, 4) is 5.75 Å². The van der Waals surface area contributed by atoms with E-state index in [0.29, 0.717) is 31.0 Å². The van der Waals surface area contributed by atoms with Crippen molar-refractivity contribution >= 4 is 5.91 Å². The molecule has 0 unspecified atom stereocenters. The van der Waals surface area contributed by atoms with Crippen LogP contribution in [-0.4, -0.2) is 71.0 Å². The molecule has 1 aliphatic rings. The molecule has 1 N–H and O–H groups in total. The number of hydrogen-bond donors (Lipinski definition) is 1. The maximum absolute atomic E-state index is 12.4. The van der Waals surface area contributed by atoms with Crippen LogP contribution in [0.2, 0.25) is 0 Å². The maximum Gasteiger partial charge on any atom is 0.251 e. The van der Waals surface area contributed by atoms with Gasteiger partial charge in [-0.15, -0.1) is 5.10 Å². The third-order valence-corrected chi connectivity index (χ3v) is 4.73. The normalized spacial score (nSPS) is 15.6. The molecule has 0 saturated carbocycles. The van der Waals surface area contributed by atoms with Gasteiger partial charge < -0.3 is 14.8 Å². The average Bonchev–Trinajstić information content (AvgIpc) is 3.14. The molecule has 0 spiro atoms. The Morgan fingerprint density at radius 1 is 1.30 bits per heavy atom. The maximum atomic E-state index is 12.4. The highest BCUT2D eigenvalue weighted by atomic mass is 16.5. The minimum absolute atomic E-state index is 0.0594. The summed E-state index contributed by atoms with van der Waals surface area (Å²) in [6.45, 7) is 3.70. The number of likely N-dealkylation sites (tertiary alicyclic amines) is 1. The summed E-state index contributed by atoms with van der Waals surface area (Å²) in [4.78, 5) is 14.8. The summed E-state index contributed by atoms with van der Waals surface area (Å²) in [6, 6.07) is 7.38. The molecule has 1 amide bonds. The molecule has 2 heterocycles. The number of piperidine rings is 1. The number of amides is 1. The Morgan fingerprint density at radius 3 is 2.85 bits per heavy atom. The Balaban J connectivity index is 1.47. The standard InChI is InChI=1S/C18H26N6O3/c1-26-11-10-24-17(20-21-22-24)13-23-8-6-15(7-9-23)19-18(25)14-4-3-5-16(12-14)27-2/h3-5,12,15H,6-11,13H2,1-2H3,(H,19,25). The Kier molecular flexibility index (Phi) is 6.72. The van der Waals surface area contributed by atoms with Crippen LogP contribution in [0.5, 0.6) is 5.75 Å². The van der Waals surface area contributed by atoms with Gasteiger partial charge in [0.2, 0.25) is 0 Å². The van der Waals surface area contributed by atoms with Crippen LogP contribution in [0, 0.1) is 0 Å². The third-order valence-electron chi connectivity index (χ3n) is 4.73. The molecule has 3 rings (SSSR count). The Morgan fingerprint density at radius 2 is 2.11 bits per heavy atom. The monoisotopic (exact) mass is 374 g/mol. The molecule has 27 heavy (non-hydrogen) atoms. The van der Waals surface area contributed by atoms with E-state index in [1.807, 2.05) is 12.1 Å². The van der Waals surface area contributed by atoms with Gasteiger partial charge in [-0.3, -0.25) is 9.69 Å². The van der Waals surface area contributed by atoms with Crippen molar-refractivity contribution in [1.29, 1.82) is 0 Å². The summed E-state index contributed by atoms with van der Waals surface area (Å²) >= 11 is 0. The predicted molar refractivity (Wildman–Crippen MR) is 98.5 cm³/mol. The fraction of sp³-hybridized carbons (Fsp3) is 0.556. The van der Waals surface area contributed by atoms with Crippen LogP contribution >= 0.6 is 0 Å². The van der Waals surface area contributed by atoms with E-state index >= 15 is 0 Å². The molecule has 0 radical (unpaired) electrons. The Bertz CT molecular complexity index is 742. The molecule has 9 nitrogen and oxygen atoms in total. The molecule has 0 bridgehead atoms. The van der Waals surface area contributed by atoms with Gasteiger partial charge in [0.15, 0.2) is 5.82 Å². The first-order chi connectivity index (χ1) is 13.2. The van der Waals surface area contributed by atoms with Gasteiger partial charge >= 0.3 is 0 Å². The fourth-order valence-corrected chi connectivity index (χ4v) is 3.16. The molecule has 1 saturated heterocycles. The van der Waals surface area contributed by atoms with Gasteiger partial charge in [0.05, 0.1) is 26.8 Å². The minimum atomic E-state index is -0.0594. The number of rotatable bonds is 8. The molecular formula is C18H26N6O3. The first-order valence-electron chi connectivity index (χ1n) is 9.11. The number of aromatic nitrogens is 4. The number of tetrazole rings is 1. The van der Waals surface area contributed by atoms with Crippen LogP contribution in [0.15, 0.2) is 24.3 Å². The van der Waals surface area contributed by atoms with Crippen molar-refractivity contribution in [3.63, 3.8) is 0 Å². The predicted octanol–water partition coefficient (Wildman–Crippen LogP) is 0.723. The van der Waals surface area contributed by atoms with Crippen molar-refractivity contribution in [2.24, 2.45) is 0 Å². The lowest BCUT2D eigenvalue weighted by atomic mass is 10.0. The Hall–Kier alpha value is -2.52. The van der Waals surface area contributed by atoms with Crippen LogP contribution in [-0.2, 0) is 17.8 Å². The quantitative estimate of drug-likeness (QED) is 0.728. The van der Waals surface area contributed by atoms with E-state index in [1.54, 1.807) is 31.0 Å². The zero-order valence-corrected chi connectivity index (χ0v) is 15.8. The second kappa shape index (κ2) is 9.43. The topological polar surface area (TPSA) is 94.4 Å². The largest absolute Gasteiger partial charge is 0.497 e. The Labute approximate surface area is 158 Å². The van der Waals surface area contributed by atoms with Crippen LogP contribution in [0.3, 0.4) is 0 Å². The van der Waals surface area contributed by atoms with E-state index in [1.165, 1.54) is 0 Å². The molecule has 1 aliphatic heterocycles. The van der Waals surface area contributed by atoms with Crippen molar-refractivity contribution in [1.82, 2.24) is 30.4 Å². The highest BCUT2D eigenvalue weighted by Gasteiger charge is 2.22. The molecule has 1 aromatic carbocycles. The van der Waals surface area contributed by atoms with Gasteiger partial charge in [0.25, 0.3) is 5.91 Å². The second-order valence-electron chi connectivity index (χ2n) is 6.57. The van der Waals surface area contributed by atoms with E-state index < -0.39 is 0 Å². The number of nitrogens with one attached hydrogen (secondary N) is 1. The zero-order chi connectivity index (χ0) is 19.1. The molecule has 1 fully saturated rings. The number of carbonyl (C=O) groups excluding carboxylic acids is 1. The van der Waals surface area contributed by atoms with Crippen LogP contribution in [0.4, 0.5) is 0 Å². The molecule has 9 heteroatoms. The first kappa shape index (κ1) is 19.2. The molecular weight excluding hydrogens is 348 g/mol. The highest BCUT2D eigenvalue weighted by molar-refractivity contribution is 5.94. The number of methoxy groups -OCH3 is 2. The van der Waals surface area contributed by atoms with E-state index in [-0.39, 0.29) is 11.9 Å². The smallest absolute Gasteiger partial charge is 0.251 e. The van der Waals surface area contributed by atoms with Crippen LogP contribution in [0.1, 0.15) is 29.0 Å². The highest BCUT2D eigenvalue weighted by Crippen LogP contribution is 2.16. The SMILES string of the molecule is COCCn1nnnc1CN1CCC(NC(=O)c2cccc(OC)c2)CC1. The molecule has 2 aromatic rings. The molecule has 0 aliphatic carbocycles. The van der Waals surface area contributed by atoms with Crippen molar-refractivity contribution in [2.75, 3.05) is 33.9 Å². The average molecular weight is 374 g/mol. The van der Waals surface area contributed by atoms with Gasteiger partial charge in [-0.1, -0.05) is 6.07 Å². The number of carbonyl (C=O) groups is 1. The van der Waals surface area contributed by atoms with Gasteiger partial charge in [0, 0.05) is 31.8 Å². The lowest BCUT2D eigenvalue weighted by molar-refractivity contribution is 0.0907. The summed E-state index contributed by atoms with van der Waals surface area (Å²) < 4.78 is 12.0. The number of benzene rings is 1. The molecule has 146 valence electrons. The summed E-state index contributed by atoms with van der Waals surface area (Å²) in [5.74, 6) is 1.46. The number of hydrogen-bond acceptors (Lipinski definition) is 7. The summed E-state index contributed by atoms with van der Waals surface area (Å²) in [5, 5.41) is 15.0. The first-order valence-corrected chi connectivity index (χ1v) is 9.11. The summed E-state index contributed by atoms with van der Waals surface area (Å²) in [6.07, 6.45) is 1.80. The van der Waals surface area contributed by atoms with Gasteiger partial charge in [-0.2, -0.15) is 0 Å². The summed E-state index contributed by atoms with van der Waals surface area (Å²) in [7, 11) is 3.26. The van der Waals surface area contributed by atoms with Gasteiger partial charge in [-0.25, -0.2) is 4.68 Å². The van der Waals surface area contributed by atoms with E-state index in [2.05, 4.69) is 25.7 Å². The lowest BCUT2D eigenvalue weighted by Crippen LogP contribution is -2.44. The number of nitrogens with zero attached hydrogens (tertiary/aromatic N) is 5. The third kappa shape index (κ3) is 5.24. The van der Waals surface area contributed by atoms with E-state index in [0.717, 1.165) is 31.8 Å². The minimum Gasteiger partial charge on any atom is -0.497 e. The molecule has 1 aromatic heterocycles.